The monoisotopic (exact) mass is 288 g/mol. The number of hydrogen-bond donors (Lipinski definition) is 2. The van der Waals surface area contributed by atoms with Gasteiger partial charge in [0.2, 0.25) is 0 Å². The molecule has 6 heteroatoms. The molecule has 0 aliphatic carbocycles. The number of carbonyl (C=O) groups is 1. The minimum atomic E-state index is -0.347. The van der Waals surface area contributed by atoms with Crippen LogP contribution in [0.4, 0.5) is 5.69 Å². The van der Waals surface area contributed by atoms with E-state index in [1.54, 1.807) is 26.0 Å². The van der Waals surface area contributed by atoms with E-state index in [1.807, 2.05) is 26.0 Å². The van der Waals surface area contributed by atoms with Crippen LogP contribution in [0.1, 0.15) is 27.7 Å². The maximum Gasteiger partial charge on any atom is 0.319 e. The first-order chi connectivity index (χ1) is 8.99. The van der Waals surface area contributed by atoms with Gasteiger partial charge in [-0.1, -0.05) is 13.8 Å². The molecule has 110 valence electrons. The van der Waals surface area contributed by atoms with Crippen molar-refractivity contribution < 1.29 is 14.1 Å². The highest BCUT2D eigenvalue weighted by atomic mass is 31.0. The summed E-state index contributed by atoms with van der Waals surface area (Å²) in [6.45, 7) is 7.54. The number of nitrogen functional groups attached to an aromatic ring is 1. The van der Waals surface area contributed by atoms with Gasteiger partial charge in [-0.05, 0) is 38.1 Å². The molecule has 0 saturated heterocycles. The van der Waals surface area contributed by atoms with E-state index in [-0.39, 0.29) is 18.6 Å². The summed E-state index contributed by atoms with van der Waals surface area (Å²) >= 11 is 0. The number of esters is 1. The molecule has 0 spiro atoms. The van der Waals surface area contributed by atoms with Gasteiger partial charge < -0.3 is 20.7 Å². The van der Waals surface area contributed by atoms with Gasteiger partial charge in [-0.15, -0.1) is 0 Å². The Morgan fingerprint density at radius 2 is 1.74 bits per heavy atom. The van der Waals surface area contributed by atoms with Crippen LogP contribution in [0.3, 0.4) is 0 Å². The van der Waals surface area contributed by atoms with Crippen molar-refractivity contribution in [3.05, 3.63) is 24.3 Å². The van der Waals surface area contributed by atoms with E-state index in [1.165, 1.54) is 0 Å². The molecule has 5 nitrogen and oxygen atoms in total. The summed E-state index contributed by atoms with van der Waals surface area (Å²) in [4.78, 5) is 10.3. The third-order valence-electron chi connectivity index (χ3n) is 1.55. The third-order valence-corrected chi connectivity index (χ3v) is 1.82. The molecular formula is C13H25N2O3P. The summed E-state index contributed by atoms with van der Waals surface area (Å²) in [5.41, 5.74) is 11.1. The molecule has 1 unspecified atom stereocenters. The summed E-state index contributed by atoms with van der Waals surface area (Å²) in [5.74, 6) is 0.453. The van der Waals surface area contributed by atoms with Gasteiger partial charge in [0.25, 0.3) is 0 Å². The second kappa shape index (κ2) is 13.1. The van der Waals surface area contributed by atoms with Gasteiger partial charge in [0.05, 0.1) is 22.1 Å². The van der Waals surface area contributed by atoms with Crippen LogP contribution in [0.2, 0.25) is 0 Å². The minimum absolute atomic E-state index is 0.0296. The first-order valence-electron chi connectivity index (χ1n) is 6.11. The van der Waals surface area contributed by atoms with Gasteiger partial charge >= 0.3 is 5.97 Å². The summed E-state index contributed by atoms with van der Waals surface area (Å²) < 4.78 is 9.47. The quantitative estimate of drug-likeness (QED) is 0.506. The second-order valence-electron chi connectivity index (χ2n) is 3.43. The molecule has 1 rings (SSSR count). The molecule has 0 amide bonds. The van der Waals surface area contributed by atoms with Crippen LogP contribution in [0, 0.1) is 0 Å². The molecule has 0 aromatic heterocycles. The van der Waals surface area contributed by atoms with Crippen molar-refractivity contribution in [1.29, 1.82) is 0 Å². The average molecular weight is 288 g/mol. The molecule has 0 fully saturated rings. The Kier molecular flexibility index (Phi) is 13.8. The lowest BCUT2D eigenvalue weighted by molar-refractivity contribution is -0.145. The molecule has 1 atom stereocenters. The van der Waals surface area contributed by atoms with E-state index >= 15 is 0 Å². The van der Waals surface area contributed by atoms with Gasteiger partial charge in [-0.25, -0.2) is 0 Å². The van der Waals surface area contributed by atoms with Crippen molar-refractivity contribution >= 4 is 21.1 Å². The minimum Gasteiger partial charge on any atom is -0.480 e. The topological polar surface area (TPSA) is 87.6 Å². The first-order valence-corrected chi connectivity index (χ1v) is 6.58. The zero-order valence-electron chi connectivity index (χ0n) is 12.1. The fraction of sp³-hybridized carbons (Fsp3) is 0.462. The largest absolute Gasteiger partial charge is 0.480 e. The predicted octanol–water partition coefficient (Wildman–Crippen LogP) is 2.36. The Morgan fingerprint density at radius 3 is 2.00 bits per heavy atom. The zero-order chi connectivity index (χ0) is 15.3. The van der Waals surface area contributed by atoms with Crippen molar-refractivity contribution in [2.24, 2.45) is 5.73 Å². The number of nitrogens with two attached hydrogens (primary N) is 2. The van der Waals surface area contributed by atoms with Crippen LogP contribution in [0.5, 0.6) is 5.75 Å². The maximum absolute atomic E-state index is 10.3. The van der Waals surface area contributed by atoms with Crippen molar-refractivity contribution in [3.8, 4) is 5.75 Å². The lowest BCUT2D eigenvalue weighted by Crippen LogP contribution is -2.20. The van der Waals surface area contributed by atoms with Crippen LogP contribution < -0.4 is 16.0 Å². The molecule has 0 aliphatic rings. The molecule has 0 bridgehead atoms. The van der Waals surface area contributed by atoms with Gasteiger partial charge in [-0.3, -0.25) is 4.79 Å². The highest BCUT2D eigenvalue weighted by molar-refractivity contribution is 7.10. The van der Waals surface area contributed by atoms with Gasteiger partial charge in [0.15, 0.2) is 0 Å². The summed E-state index contributed by atoms with van der Waals surface area (Å²) in [5, 5.41) is 0. The summed E-state index contributed by atoms with van der Waals surface area (Å²) in [6.07, 6.45) is -0.0500. The standard InChI is InChI=1S/C6H8NOP.C5H11NO2.C2H6/c7-5-1-3-6(8-9)4-2-5;1-4(2)8-5(7)3-6;1-2/h1-4H,7,9H2;4H,3,6H2,1-2H3;1-2H3. The summed E-state index contributed by atoms with van der Waals surface area (Å²) in [7, 11) is 2.17. The van der Waals surface area contributed by atoms with Crippen LogP contribution in [-0.4, -0.2) is 18.6 Å². The molecule has 0 radical (unpaired) electrons. The van der Waals surface area contributed by atoms with E-state index in [2.05, 4.69) is 14.2 Å². The Balaban J connectivity index is 0. The molecule has 0 heterocycles. The number of anilines is 1. The lowest BCUT2D eigenvalue weighted by atomic mass is 10.3. The fourth-order valence-corrected chi connectivity index (χ4v) is 1.01. The van der Waals surface area contributed by atoms with Gasteiger partial charge in [0.1, 0.15) is 5.75 Å². The molecular weight excluding hydrogens is 263 g/mol. The highest BCUT2D eigenvalue weighted by Crippen LogP contribution is 2.14. The normalized spacial score (nSPS) is 8.58. The number of rotatable bonds is 3. The second-order valence-corrected chi connectivity index (χ2v) is 3.67. The highest BCUT2D eigenvalue weighted by Gasteiger charge is 1.99. The van der Waals surface area contributed by atoms with Crippen LogP contribution in [0.15, 0.2) is 24.3 Å². The molecule has 19 heavy (non-hydrogen) atoms. The molecule has 4 N–H and O–H groups in total. The zero-order valence-corrected chi connectivity index (χ0v) is 13.2. The van der Waals surface area contributed by atoms with E-state index < -0.39 is 0 Å². The average Bonchev–Trinajstić information content (AvgIpc) is 2.42. The Hall–Kier alpha value is -1.32. The van der Waals surface area contributed by atoms with E-state index in [0.29, 0.717) is 0 Å². The third kappa shape index (κ3) is 12.9. The lowest BCUT2D eigenvalue weighted by Gasteiger charge is -2.04. The summed E-state index contributed by atoms with van der Waals surface area (Å²) in [6, 6.07) is 7.20. The van der Waals surface area contributed by atoms with Crippen molar-refractivity contribution in [2.75, 3.05) is 12.3 Å². The maximum atomic E-state index is 10.3. The van der Waals surface area contributed by atoms with E-state index in [9.17, 15) is 4.79 Å². The van der Waals surface area contributed by atoms with Crippen LogP contribution >= 0.6 is 9.47 Å². The number of carbonyl (C=O) groups excluding carboxylic acids is 1. The van der Waals surface area contributed by atoms with Crippen molar-refractivity contribution in [2.45, 2.75) is 33.8 Å². The molecule has 1 aromatic rings. The Labute approximate surface area is 117 Å². The number of benzene rings is 1. The van der Waals surface area contributed by atoms with Crippen LogP contribution in [-0.2, 0) is 9.53 Å². The van der Waals surface area contributed by atoms with Gasteiger partial charge in [-0.2, -0.15) is 0 Å². The molecule has 1 aromatic carbocycles. The van der Waals surface area contributed by atoms with E-state index in [4.69, 9.17) is 16.0 Å². The molecule has 0 saturated carbocycles. The Morgan fingerprint density at radius 1 is 1.26 bits per heavy atom. The fourth-order valence-electron chi connectivity index (χ4n) is 0.857. The number of hydrogen-bond acceptors (Lipinski definition) is 5. The Bertz CT molecular complexity index is 329. The van der Waals surface area contributed by atoms with Gasteiger partial charge in [0, 0.05) is 5.69 Å². The smallest absolute Gasteiger partial charge is 0.319 e. The van der Waals surface area contributed by atoms with E-state index in [0.717, 1.165) is 11.4 Å². The van der Waals surface area contributed by atoms with Crippen molar-refractivity contribution in [1.82, 2.24) is 0 Å². The van der Waals surface area contributed by atoms with Crippen LogP contribution in [0.25, 0.3) is 0 Å². The molecule has 0 aliphatic heterocycles. The predicted molar refractivity (Wildman–Crippen MR) is 82.8 cm³/mol. The first kappa shape index (κ1) is 20.0. The SMILES string of the molecule is CC.CC(C)OC(=O)CN.Nc1ccc(OP)cc1. The van der Waals surface area contributed by atoms with Crippen molar-refractivity contribution in [3.63, 3.8) is 0 Å². The number of ether oxygens (including phenoxy) is 1.